The Morgan fingerprint density at radius 2 is 1.90 bits per heavy atom. The Labute approximate surface area is 236 Å². The molecule has 9 nitrogen and oxygen atoms in total. The summed E-state index contributed by atoms with van der Waals surface area (Å²) in [7, 11) is 1.42. The van der Waals surface area contributed by atoms with Gasteiger partial charge in [-0.05, 0) is 55.9 Å². The minimum atomic E-state index is -0.842. The van der Waals surface area contributed by atoms with Gasteiger partial charge in [-0.1, -0.05) is 57.0 Å². The molecule has 0 saturated carbocycles. The number of carbonyl (C=O) groups excluding carboxylic acids is 3. The van der Waals surface area contributed by atoms with Crippen molar-refractivity contribution < 1.29 is 33.3 Å². The number of hydrogen-bond donors (Lipinski definition) is 1. The molecule has 2 aromatic rings. The molecule has 3 rings (SSSR count). The predicted molar refractivity (Wildman–Crippen MR) is 150 cm³/mol. The Morgan fingerprint density at radius 1 is 1.15 bits per heavy atom. The summed E-state index contributed by atoms with van der Waals surface area (Å²) in [6.45, 7) is 7.22. The number of benzene rings is 1. The molecular weight excluding hydrogens is 512 g/mol. The molecule has 40 heavy (non-hydrogen) atoms. The van der Waals surface area contributed by atoms with Crippen LogP contribution in [0.3, 0.4) is 0 Å². The fraction of sp³-hybridized carbons (Fsp3) is 0.548. The molecule has 1 aromatic carbocycles. The maximum Gasteiger partial charge on any atom is 0.328 e. The molecule has 1 aliphatic rings. The van der Waals surface area contributed by atoms with Gasteiger partial charge in [-0.15, -0.1) is 0 Å². The van der Waals surface area contributed by atoms with Crippen molar-refractivity contribution in [2.75, 3.05) is 13.9 Å². The Kier molecular flexibility index (Phi) is 11.8. The van der Waals surface area contributed by atoms with Crippen LogP contribution in [0.2, 0.25) is 0 Å². The number of esters is 2. The van der Waals surface area contributed by atoms with Crippen LogP contribution in [0.4, 0.5) is 0 Å². The molecule has 1 saturated heterocycles. The highest BCUT2D eigenvalue weighted by Gasteiger charge is 2.35. The summed E-state index contributed by atoms with van der Waals surface area (Å²) in [5.41, 5.74) is 1.19. The van der Waals surface area contributed by atoms with E-state index in [9.17, 15) is 14.4 Å². The zero-order valence-electron chi connectivity index (χ0n) is 24.2. The second-order valence-electron chi connectivity index (χ2n) is 10.8. The van der Waals surface area contributed by atoms with Gasteiger partial charge in [0.05, 0.1) is 7.11 Å². The molecule has 2 heterocycles. The third-order valence-electron chi connectivity index (χ3n) is 7.35. The van der Waals surface area contributed by atoms with Crippen molar-refractivity contribution in [2.24, 2.45) is 17.8 Å². The van der Waals surface area contributed by atoms with Crippen LogP contribution in [-0.4, -0.2) is 48.9 Å². The maximum absolute atomic E-state index is 13.3. The SMILES string of the molecule is COc1ccnc(C(=O)NC2CCCC(Cc3ccccc3)C(CCC(C)C)C(C)OC2=O)c1OCOC(C)=O. The number of hydrogen-bond acceptors (Lipinski definition) is 8. The number of cyclic esters (lactones) is 1. The fourth-order valence-corrected chi connectivity index (χ4v) is 5.24. The summed E-state index contributed by atoms with van der Waals surface area (Å²) in [4.78, 5) is 42.0. The second kappa shape index (κ2) is 15.2. The van der Waals surface area contributed by atoms with Gasteiger partial charge in [0.2, 0.25) is 6.79 Å². The van der Waals surface area contributed by atoms with E-state index in [2.05, 4.69) is 48.4 Å². The van der Waals surface area contributed by atoms with Crippen LogP contribution in [0.15, 0.2) is 42.6 Å². The van der Waals surface area contributed by atoms with E-state index in [1.807, 2.05) is 13.0 Å². The fourth-order valence-electron chi connectivity index (χ4n) is 5.24. The van der Waals surface area contributed by atoms with Crippen LogP contribution < -0.4 is 14.8 Å². The lowest BCUT2D eigenvalue weighted by Crippen LogP contribution is -2.43. The smallest absolute Gasteiger partial charge is 0.328 e. The van der Waals surface area contributed by atoms with E-state index >= 15 is 0 Å². The summed E-state index contributed by atoms with van der Waals surface area (Å²) in [6, 6.07) is 11.1. The van der Waals surface area contributed by atoms with E-state index in [1.54, 1.807) is 0 Å². The number of carbonyl (C=O) groups is 3. The van der Waals surface area contributed by atoms with Crippen LogP contribution in [0.5, 0.6) is 11.5 Å². The van der Waals surface area contributed by atoms with Crippen molar-refractivity contribution in [3.8, 4) is 11.5 Å². The van der Waals surface area contributed by atoms with Gasteiger partial charge in [0.15, 0.2) is 17.2 Å². The van der Waals surface area contributed by atoms with Gasteiger partial charge in [-0.3, -0.25) is 9.59 Å². The topological polar surface area (TPSA) is 113 Å². The van der Waals surface area contributed by atoms with E-state index in [1.165, 1.54) is 31.9 Å². The number of aromatic nitrogens is 1. The van der Waals surface area contributed by atoms with E-state index in [0.29, 0.717) is 18.3 Å². The van der Waals surface area contributed by atoms with Crippen LogP contribution in [0.25, 0.3) is 0 Å². The molecule has 9 heteroatoms. The van der Waals surface area contributed by atoms with Gasteiger partial charge in [-0.2, -0.15) is 0 Å². The molecule has 0 aliphatic carbocycles. The molecule has 218 valence electrons. The molecule has 1 aromatic heterocycles. The first-order valence-corrected chi connectivity index (χ1v) is 14.0. The summed E-state index contributed by atoms with van der Waals surface area (Å²) in [5, 5.41) is 2.80. The zero-order chi connectivity index (χ0) is 29.1. The van der Waals surface area contributed by atoms with E-state index in [0.717, 1.165) is 32.1 Å². The first-order valence-electron chi connectivity index (χ1n) is 14.0. The minimum absolute atomic E-state index is 0.0187. The molecule has 4 atom stereocenters. The van der Waals surface area contributed by atoms with Crippen molar-refractivity contribution in [3.05, 3.63) is 53.9 Å². The largest absolute Gasteiger partial charge is 0.493 e. The number of ether oxygens (including phenoxy) is 4. The third kappa shape index (κ3) is 8.96. The van der Waals surface area contributed by atoms with Gasteiger partial charge in [0.1, 0.15) is 12.1 Å². The lowest BCUT2D eigenvalue weighted by Gasteiger charge is -2.32. The second-order valence-corrected chi connectivity index (χ2v) is 10.8. The van der Waals surface area contributed by atoms with Gasteiger partial charge >= 0.3 is 11.9 Å². The van der Waals surface area contributed by atoms with Crippen LogP contribution in [0.1, 0.15) is 75.9 Å². The number of methoxy groups -OCH3 is 1. The number of nitrogens with one attached hydrogen (secondary N) is 1. The van der Waals surface area contributed by atoms with Crippen LogP contribution in [-0.2, 0) is 25.5 Å². The van der Waals surface area contributed by atoms with E-state index in [-0.39, 0.29) is 29.2 Å². The molecule has 0 radical (unpaired) electrons. The Bertz CT molecular complexity index is 1120. The number of nitrogens with zero attached hydrogens (tertiary/aromatic N) is 1. The standard InChI is InChI=1S/C31H42N2O7/c1-20(2)14-15-25-21(3)40-31(36)26(13-9-12-24(25)18-23-10-7-6-8-11-23)33-30(35)28-29(39-19-38-22(4)34)27(37-5)16-17-32-28/h6-8,10-11,16-17,20-21,24-26H,9,12-15,18-19H2,1-5H3,(H,33,35). The van der Waals surface area contributed by atoms with Crippen molar-refractivity contribution >= 4 is 17.8 Å². The minimum Gasteiger partial charge on any atom is -0.493 e. The van der Waals surface area contributed by atoms with Crippen molar-refractivity contribution in [2.45, 2.75) is 78.4 Å². The zero-order valence-corrected chi connectivity index (χ0v) is 24.2. The number of rotatable bonds is 11. The molecular formula is C31H42N2O7. The van der Waals surface area contributed by atoms with Gasteiger partial charge in [0, 0.05) is 19.2 Å². The van der Waals surface area contributed by atoms with Crippen molar-refractivity contribution in [3.63, 3.8) is 0 Å². The average Bonchev–Trinajstić information content (AvgIpc) is 2.96. The molecule has 1 fully saturated rings. The summed E-state index contributed by atoms with van der Waals surface area (Å²) in [5.74, 6) is -0.230. The Hall–Kier alpha value is -3.62. The predicted octanol–water partition coefficient (Wildman–Crippen LogP) is 5.11. The Balaban J connectivity index is 1.78. The molecule has 4 unspecified atom stereocenters. The summed E-state index contributed by atoms with van der Waals surface area (Å²) in [6.07, 6.45) is 6.15. The molecule has 1 amide bonds. The van der Waals surface area contributed by atoms with Crippen molar-refractivity contribution in [1.82, 2.24) is 10.3 Å². The van der Waals surface area contributed by atoms with Crippen LogP contribution in [0, 0.1) is 17.8 Å². The molecule has 0 bridgehead atoms. The highest BCUT2D eigenvalue weighted by molar-refractivity contribution is 5.98. The van der Waals surface area contributed by atoms with Gasteiger partial charge < -0.3 is 24.3 Å². The summed E-state index contributed by atoms with van der Waals surface area (Å²) >= 11 is 0. The highest BCUT2D eigenvalue weighted by atomic mass is 16.7. The van der Waals surface area contributed by atoms with Gasteiger partial charge in [-0.25, -0.2) is 9.78 Å². The van der Waals surface area contributed by atoms with E-state index < -0.39 is 30.7 Å². The highest BCUT2D eigenvalue weighted by Crippen LogP contribution is 2.34. The third-order valence-corrected chi connectivity index (χ3v) is 7.35. The monoisotopic (exact) mass is 554 g/mol. The average molecular weight is 555 g/mol. The first-order chi connectivity index (χ1) is 19.2. The normalized spacial score (nSPS) is 21.4. The molecule has 0 spiro atoms. The lowest BCUT2D eigenvalue weighted by atomic mass is 9.77. The Morgan fingerprint density at radius 3 is 2.58 bits per heavy atom. The molecule has 1 aliphatic heterocycles. The quantitative estimate of drug-likeness (QED) is 0.301. The number of pyridine rings is 1. The van der Waals surface area contributed by atoms with Crippen molar-refractivity contribution in [1.29, 1.82) is 0 Å². The number of amides is 1. The maximum atomic E-state index is 13.3. The van der Waals surface area contributed by atoms with Gasteiger partial charge in [0.25, 0.3) is 5.91 Å². The molecule has 1 N–H and O–H groups in total. The lowest BCUT2D eigenvalue weighted by molar-refractivity contribution is -0.154. The summed E-state index contributed by atoms with van der Waals surface area (Å²) < 4.78 is 21.7. The van der Waals surface area contributed by atoms with Crippen LogP contribution >= 0.6 is 0 Å². The first kappa shape index (κ1) is 30.9. The van der Waals surface area contributed by atoms with E-state index in [4.69, 9.17) is 18.9 Å².